The van der Waals surface area contributed by atoms with E-state index in [-0.39, 0.29) is 12.2 Å². The Morgan fingerprint density at radius 3 is 2.06 bits per heavy atom. The number of nitrogens with one attached hydrogen (secondary N) is 1. The van der Waals surface area contributed by atoms with Gasteiger partial charge in [-0.15, -0.1) is 0 Å². The summed E-state index contributed by atoms with van der Waals surface area (Å²) < 4.78 is 0. The Labute approximate surface area is 94.9 Å². The first-order valence-corrected chi connectivity index (χ1v) is 5.37. The molecular weight excluding hydrogens is 202 g/mol. The zero-order valence-electron chi connectivity index (χ0n) is 10.0. The van der Waals surface area contributed by atoms with E-state index in [4.69, 9.17) is 0 Å². The molecule has 16 heavy (non-hydrogen) atoms. The van der Waals surface area contributed by atoms with Gasteiger partial charge in [-0.05, 0) is 55.5 Å². The monoisotopic (exact) mass is 217 g/mol. The molecule has 1 aliphatic rings. The number of carbonyl (C=O) groups is 2. The van der Waals surface area contributed by atoms with Crippen molar-refractivity contribution in [3.05, 3.63) is 27.8 Å². The van der Waals surface area contributed by atoms with Gasteiger partial charge in [-0.2, -0.15) is 0 Å². The first-order valence-electron chi connectivity index (χ1n) is 5.37. The van der Waals surface area contributed by atoms with Crippen molar-refractivity contribution < 1.29 is 9.59 Å². The normalized spacial score (nSPS) is 14.8. The third-order valence-electron chi connectivity index (χ3n) is 3.65. The summed E-state index contributed by atoms with van der Waals surface area (Å²) >= 11 is 0. The van der Waals surface area contributed by atoms with Gasteiger partial charge in [0.15, 0.2) is 0 Å². The number of hydrogen-bond donors (Lipinski definition) is 1. The molecule has 3 heteroatoms. The second-order valence-corrected chi connectivity index (χ2v) is 4.41. The molecule has 1 heterocycles. The average molecular weight is 217 g/mol. The Hall–Kier alpha value is -1.64. The van der Waals surface area contributed by atoms with Crippen LogP contribution in [-0.2, 0) is 16.0 Å². The lowest BCUT2D eigenvalue weighted by molar-refractivity contribution is -0.134. The van der Waals surface area contributed by atoms with Gasteiger partial charge in [0.05, 0.1) is 0 Å². The van der Waals surface area contributed by atoms with Gasteiger partial charge < -0.3 is 5.32 Å². The number of benzene rings is 1. The molecule has 0 bridgehead atoms. The summed E-state index contributed by atoms with van der Waals surface area (Å²) in [6, 6.07) is 0. The van der Waals surface area contributed by atoms with Crippen LogP contribution < -0.4 is 5.32 Å². The summed E-state index contributed by atoms with van der Waals surface area (Å²) in [6.07, 6.45) is 0.231. The van der Waals surface area contributed by atoms with Gasteiger partial charge in [-0.1, -0.05) is 0 Å². The fourth-order valence-corrected chi connectivity index (χ4v) is 2.20. The summed E-state index contributed by atoms with van der Waals surface area (Å²) in [6.45, 7) is 8.08. The fourth-order valence-electron chi connectivity index (χ4n) is 2.20. The van der Waals surface area contributed by atoms with E-state index in [2.05, 4.69) is 12.2 Å². The molecule has 1 N–H and O–H groups in total. The van der Waals surface area contributed by atoms with E-state index in [0.29, 0.717) is 0 Å². The number of fused-ring (bicyclic) bond motifs is 1. The molecule has 0 fully saturated rings. The minimum absolute atomic E-state index is 0.231. The zero-order chi connectivity index (χ0) is 12.0. The zero-order valence-corrected chi connectivity index (χ0v) is 10.0. The van der Waals surface area contributed by atoms with Gasteiger partial charge in [-0.25, -0.2) is 0 Å². The Morgan fingerprint density at radius 1 is 0.875 bits per heavy atom. The van der Waals surface area contributed by atoms with Crippen molar-refractivity contribution in [1.29, 1.82) is 0 Å². The first-order chi connectivity index (χ1) is 7.43. The van der Waals surface area contributed by atoms with Crippen molar-refractivity contribution >= 4 is 17.4 Å². The molecule has 0 spiro atoms. The lowest BCUT2D eigenvalue weighted by atomic mass is 9.88. The van der Waals surface area contributed by atoms with E-state index in [1.54, 1.807) is 0 Å². The highest BCUT2D eigenvalue weighted by atomic mass is 16.2. The number of carbonyl (C=O) groups excluding carboxylic acids is 2. The van der Waals surface area contributed by atoms with E-state index >= 15 is 0 Å². The lowest BCUT2D eigenvalue weighted by Crippen LogP contribution is -2.31. The van der Waals surface area contributed by atoms with E-state index in [1.165, 1.54) is 11.1 Å². The third-order valence-corrected chi connectivity index (χ3v) is 3.65. The van der Waals surface area contributed by atoms with Crippen LogP contribution in [0.4, 0.5) is 5.69 Å². The minimum Gasteiger partial charge on any atom is -0.319 e. The molecule has 2 rings (SSSR count). The summed E-state index contributed by atoms with van der Waals surface area (Å²) in [5.74, 6) is -0.837. The van der Waals surface area contributed by atoms with Crippen LogP contribution in [0.5, 0.6) is 0 Å². The fraction of sp³-hybridized carbons (Fsp3) is 0.385. The van der Waals surface area contributed by atoms with Crippen molar-refractivity contribution in [3.63, 3.8) is 0 Å². The maximum Gasteiger partial charge on any atom is 0.292 e. The second kappa shape index (κ2) is 3.44. The largest absolute Gasteiger partial charge is 0.319 e. The molecule has 0 aliphatic carbocycles. The van der Waals surface area contributed by atoms with Crippen LogP contribution in [0.3, 0.4) is 0 Å². The van der Waals surface area contributed by atoms with Crippen molar-refractivity contribution in [2.45, 2.75) is 34.1 Å². The van der Waals surface area contributed by atoms with E-state index in [9.17, 15) is 9.59 Å². The molecule has 1 aromatic rings. The molecule has 1 amide bonds. The van der Waals surface area contributed by atoms with Crippen LogP contribution in [0.2, 0.25) is 0 Å². The van der Waals surface area contributed by atoms with Crippen LogP contribution in [0.25, 0.3) is 0 Å². The standard InChI is InChI=1S/C13H15NO2/c1-6-7(2)9(4)12-10(8(6)3)5-11(15)13(16)14-12/h5H2,1-4H3,(H,14,16). The molecule has 1 aliphatic heterocycles. The number of rotatable bonds is 0. The van der Waals surface area contributed by atoms with Gasteiger partial charge in [0, 0.05) is 12.1 Å². The molecule has 3 nitrogen and oxygen atoms in total. The summed E-state index contributed by atoms with van der Waals surface area (Å²) in [5, 5.41) is 2.70. The number of anilines is 1. The van der Waals surface area contributed by atoms with Crippen LogP contribution in [0.1, 0.15) is 27.8 Å². The van der Waals surface area contributed by atoms with Crippen LogP contribution in [0, 0.1) is 27.7 Å². The molecular formula is C13H15NO2. The topological polar surface area (TPSA) is 46.2 Å². The smallest absolute Gasteiger partial charge is 0.292 e. The van der Waals surface area contributed by atoms with Crippen LogP contribution >= 0.6 is 0 Å². The predicted molar refractivity (Wildman–Crippen MR) is 62.7 cm³/mol. The van der Waals surface area contributed by atoms with Crippen LogP contribution in [0.15, 0.2) is 0 Å². The van der Waals surface area contributed by atoms with Gasteiger partial charge in [0.2, 0.25) is 5.78 Å². The van der Waals surface area contributed by atoms with Crippen molar-refractivity contribution in [2.75, 3.05) is 5.32 Å². The van der Waals surface area contributed by atoms with E-state index in [0.717, 1.165) is 22.4 Å². The molecule has 0 radical (unpaired) electrons. The predicted octanol–water partition coefficient (Wildman–Crippen LogP) is 1.98. The Morgan fingerprint density at radius 2 is 1.44 bits per heavy atom. The molecule has 1 aromatic carbocycles. The van der Waals surface area contributed by atoms with Gasteiger partial charge in [0.25, 0.3) is 5.91 Å². The maximum absolute atomic E-state index is 11.4. The summed E-state index contributed by atoms with van der Waals surface area (Å²) in [4.78, 5) is 22.8. The van der Waals surface area contributed by atoms with Gasteiger partial charge >= 0.3 is 0 Å². The highest BCUT2D eigenvalue weighted by Gasteiger charge is 2.27. The molecule has 0 aromatic heterocycles. The summed E-state index contributed by atoms with van der Waals surface area (Å²) in [5.41, 5.74) is 6.40. The van der Waals surface area contributed by atoms with Crippen molar-refractivity contribution in [3.8, 4) is 0 Å². The SMILES string of the molecule is Cc1c(C)c(C)c2c(c1C)CC(=O)C(=O)N2. The quantitative estimate of drug-likeness (QED) is 0.675. The molecule has 0 saturated heterocycles. The third kappa shape index (κ3) is 1.35. The Kier molecular flexibility index (Phi) is 2.34. The highest BCUT2D eigenvalue weighted by molar-refractivity contribution is 6.42. The Balaban J connectivity index is 2.74. The number of Topliss-reactive ketones (excluding diaryl/α,β-unsaturated/α-hetero) is 1. The first kappa shape index (κ1) is 10.9. The second-order valence-electron chi connectivity index (χ2n) is 4.41. The van der Waals surface area contributed by atoms with Crippen LogP contribution in [-0.4, -0.2) is 11.7 Å². The minimum atomic E-state index is -0.488. The highest BCUT2D eigenvalue weighted by Crippen LogP contribution is 2.33. The molecule has 84 valence electrons. The van der Waals surface area contributed by atoms with E-state index in [1.807, 2.05) is 20.8 Å². The number of ketones is 1. The van der Waals surface area contributed by atoms with Gasteiger partial charge in [0.1, 0.15) is 0 Å². The number of amides is 1. The van der Waals surface area contributed by atoms with E-state index < -0.39 is 5.91 Å². The van der Waals surface area contributed by atoms with Gasteiger partial charge in [-0.3, -0.25) is 9.59 Å². The number of hydrogen-bond acceptors (Lipinski definition) is 2. The average Bonchev–Trinajstić information content (AvgIpc) is 2.26. The Bertz CT molecular complexity index is 468. The molecule has 0 saturated carbocycles. The molecule has 0 atom stereocenters. The summed E-state index contributed by atoms with van der Waals surface area (Å²) in [7, 11) is 0. The molecule has 0 unspecified atom stereocenters. The maximum atomic E-state index is 11.4. The lowest BCUT2D eigenvalue weighted by Gasteiger charge is -2.23. The van der Waals surface area contributed by atoms with Crippen molar-refractivity contribution in [1.82, 2.24) is 0 Å². The van der Waals surface area contributed by atoms with Crippen molar-refractivity contribution in [2.24, 2.45) is 0 Å².